The van der Waals surface area contributed by atoms with Gasteiger partial charge in [0.15, 0.2) is 0 Å². The number of nitrogens with one attached hydrogen (secondary N) is 1. The van der Waals surface area contributed by atoms with Crippen LogP contribution in [0.2, 0.25) is 0 Å². The van der Waals surface area contributed by atoms with E-state index in [1.54, 1.807) is 0 Å². The molecule has 1 nitrogen and oxygen atoms in total. The fourth-order valence-corrected chi connectivity index (χ4v) is 4.02. The van der Waals surface area contributed by atoms with E-state index in [0.717, 1.165) is 18.3 Å². The van der Waals surface area contributed by atoms with Crippen LogP contribution < -0.4 is 5.32 Å². The van der Waals surface area contributed by atoms with Crippen molar-refractivity contribution in [3.63, 3.8) is 0 Å². The van der Waals surface area contributed by atoms with E-state index in [2.05, 4.69) is 48.3 Å². The van der Waals surface area contributed by atoms with Crippen LogP contribution in [-0.2, 0) is 6.54 Å². The predicted molar refractivity (Wildman–Crippen MR) is 85.8 cm³/mol. The minimum atomic E-state index is 0.848. The summed E-state index contributed by atoms with van der Waals surface area (Å²) in [4.78, 5) is 1.46. The van der Waals surface area contributed by atoms with Gasteiger partial charge in [-0.3, -0.25) is 0 Å². The van der Waals surface area contributed by atoms with Crippen molar-refractivity contribution in [1.29, 1.82) is 0 Å². The van der Waals surface area contributed by atoms with E-state index in [-0.39, 0.29) is 0 Å². The Hall–Kier alpha value is -0.470. The summed E-state index contributed by atoms with van der Waals surface area (Å²) < 4.78 is 0. The molecule has 1 N–H and O–H groups in total. The molecule has 106 valence electrons. The number of benzene rings is 1. The summed E-state index contributed by atoms with van der Waals surface area (Å²) in [6.07, 6.45) is 9.75. The molecule has 0 atom stereocenters. The Morgan fingerprint density at radius 1 is 1.16 bits per heavy atom. The molecule has 0 aliphatic heterocycles. The monoisotopic (exact) mass is 277 g/mol. The lowest BCUT2D eigenvalue weighted by molar-refractivity contribution is 0.674. The molecule has 1 aliphatic rings. The molecule has 1 fully saturated rings. The van der Waals surface area contributed by atoms with Crippen molar-refractivity contribution in [3.05, 3.63) is 29.8 Å². The molecule has 1 aromatic carbocycles. The second-order valence-electron chi connectivity index (χ2n) is 5.56. The number of thioether (sulfide) groups is 1. The highest BCUT2D eigenvalue weighted by molar-refractivity contribution is 8.00. The Balaban J connectivity index is 1.86. The maximum Gasteiger partial charge on any atom is 0.0205 e. The molecular weight excluding hydrogens is 250 g/mol. The van der Waals surface area contributed by atoms with Crippen LogP contribution in [0.5, 0.6) is 0 Å². The number of hydrogen-bond acceptors (Lipinski definition) is 2. The largest absolute Gasteiger partial charge is 0.313 e. The minimum Gasteiger partial charge on any atom is -0.313 e. The third kappa shape index (κ3) is 5.58. The summed E-state index contributed by atoms with van der Waals surface area (Å²) in [5, 5.41) is 4.33. The molecular formula is C17H27NS. The van der Waals surface area contributed by atoms with Crippen LogP contribution in [-0.4, -0.2) is 11.8 Å². The first-order chi connectivity index (χ1) is 9.38. The van der Waals surface area contributed by atoms with Crippen molar-refractivity contribution in [3.8, 4) is 0 Å². The van der Waals surface area contributed by atoms with Crippen molar-refractivity contribution in [2.75, 3.05) is 6.54 Å². The molecule has 19 heavy (non-hydrogen) atoms. The Morgan fingerprint density at radius 3 is 2.68 bits per heavy atom. The SMILES string of the molecule is CCCNCc1cccc(SC2CCCCCC2)c1. The minimum absolute atomic E-state index is 0.848. The topological polar surface area (TPSA) is 12.0 Å². The Bertz CT molecular complexity index is 356. The van der Waals surface area contributed by atoms with Crippen molar-refractivity contribution < 1.29 is 0 Å². The zero-order valence-corrected chi connectivity index (χ0v) is 13.0. The van der Waals surface area contributed by atoms with Crippen molar-refractivity contribution in [2.24, 2.45) is 0 Å². The van der Waals surface area contributed by atoms with Crippen LogP contribution in [0.15, 0.2) is 29.2 Å². The molecule has 2 heteroatoms. The average Bonchev–Trinajstić information content (AvgIpc) is 2.68. The van der Waals surface area contributed by atoms with E-state index >= 15 is 0 Å². The molecule has 0 heterocycles. The Labute approximate surface area is 122 Å². The fourth-order valence-electron chi connectivity index (χ4n) is 2.69. The van der Waals surface area contributed by atoms with Crippen LogP contribution in [0.3, 0.4) is 0 Å². The van der Waals surface area contributed by atoms with Gasteiger partial charge in [-0.15, -0.1) is 11.8 Å². The lowest BCUT2D eigenvalue weighted by Crippen LogP contribution is -2.13. The maximum atomic E-state index is 3.48. The van der Waals surface area contributed by atoms with Crippen LogP contribution in [0, 0.1) is 0 Å². The first-order valence-electron chi connectivity index (χ1n) is 7.85. The van der Waals surface area contributed by atoms with Crippen molar-refractivity contribution in [2.45, 2.75) is 68.6 Å². The first kappa shape index (κ1) is 14.9. The van der Waals surface area contributed by atoms with Crippen molar-refractivity contribution in [1.82, 2.24) is 5.32 Å². The summed E-state index contributed by atoms with van der Waals surface area (Å²) >= 11 is 2.10. The highest BCUT2D eigenvalue weighted by Gasteiger charge is 2.13. The van der Waals surface area contributed by atoms with Crippen LogP contribution in [0.25, 0.3) is 0 Å². The molecule has 0 amide bonds. The summed E-state index contributed by atoms with van der Waals surface area (Å²) in [7, 11) is 0. The van der Waals surface area contributed by atoms with E-state index in [0.29, 0.717) is 0 Å². The highest BCUT2D eigenvalue weighted by atomic mass is 32.2. The van der Waals surface area contributed by atoms with Gasteiger partial charge in [0.2, 0.25) is 0 Å². The van der Waals surface area contributed by atoms with Gasteiger partial charge >= 0.3 is 0 Å². The fraction of sp³-hybridized carbons (Fsp3) is 0.647. The normalized spacial score (nSPS) is 17.3. The lowest BCUT2D eigenvalue weighted by atomic mass is 10.2. The molecule has 0 bridgehead atoms. The summed E-state index contributed by atoms with van der Waals surface area (Å²) in [5.74, 6) is 0. The summed E-state index contributed by atoms with van der Waals surface area (Å²) in [6, 6.07) is 9.10. The van der Waals surface area contributed by atoms with Crippen LogP contribution in [0.4, 0.5) is 0 Å². The second kappa shape index (κ2) is 8.65. The third-order valence-corrected chi connectivity index (χ3v) is 5.09. The van der Waals surface area contributed by atoms with Gasteiger partial charge in [-0.25, -0.2) is 0 Å². The van der Waals surface area contributed by atoms with Gasteiger partial charge in [0.1, 0.15) is 0 Å². The second-order valence-corrected chi connectivity index (χ2v) is 6.93. The summed E-state index contributed by atoms with van der Waals surface area (Å²) in [5.41, 5.74) is 1.42. The highest BCUT2D eigenvalue weighted by Crippen LogP contribution is 2.33. The molecule has 0 saturated heterocycles. The molecule has 0 aromatic heterocycles. The molecule has 1 aromatic rings. The van der Waals surface area contributed by atoms with Gasteiger partial charge in [0.25, 0.3) is 0 Å². The predicted octanol–water partition coefficient (Wildman–Crippen LogP) is 5.00. The summed E-state index contributed by atoms with van der Waals surface area (Å²) in [6.45, 7) is 4.33. The van der Waals surface area contributed by atoms with E-state index < -0.39 is 0 Å². The van der Waals surface area contributed by atoms with E-state index in [1.165, 1.54) is 55.4 Å². The van der Waals surface area contributed by atoms with Crippen LogP contribution >= 0.6 is 11.8 Å². The molecule has 2 rings (SSSR count). The zero-order valence-electron chi connectivity index (χ0n) is 12.2. The van der Waals surface area contributed by atoms with Gasteiger partial charge in [0, 0.05) is 16.7 Å². The molecule has 1 aliphatic carbocycles. The smallest absolute Gasteiger partial charge is 0.0205 e. The average molecular weight is 277 g/mol. The number of hydrogen-bond donors (Lipinski definition) is 1. The molecule has 0 unspecified atom stereocenters. The van der Waals surface area contributed by atoms with Gasteiger partial charge in [0.05, 0.1) is 0 Å². The Morgan fingerprint density at radius 2 is 1.95 bits per heavy atom. The maximum absolute atomic E-state index is 3.48. The molecule has 0 spiro atoms. The molecule has 1 saturated carbocycles. The van der Waals surface area contributed by atoms with Gasteiger partial charge < -0.3 is 5.32 Å². The van der Waals surface area contributed by atoms with Gasteiger partial charge in [-0.05, 0) is 43.5 Å². The van der Waals surface area contributed by atoms with E-state index in [9.17, 15) is 0 Å². The standard InChI is InChI=1S/C17H27NS/c1-2-12-18-14-15-8-7-11-17(13-15)19-16-9-5-3-4-6-10-16/h7-8,11,13,16,18H,2-6,9-10,12,14H2,1H3. The third-order valence-electron chi connectivity index (χ3n) is 3.76. The number of rotatable bonds is 6. The van der Waals surface area contributed by atoms with Gasteiger partial charge in [-0.1, -0.05) is 44.7 Å². The lowest BCUT2D eigenvalue weighted by Gasteiger charge is -2.14. The van der Waals surface area contributed by atoms with E-state index in [4.69, 9.17) is 0 Å². The van der Waals surface area contributed by atoms with E-state index in [1.807, 2.05) is 0 Å². The Kier molecular flexibility index (Phi) is 6.80. The first-order valence-corrected chi connectivity index (χ1v) is 8.73. The quantitative estimate of drug-likeness (QED) is 0.580. The van der Waals surface area contributed by atoms with Crippen molar-refractivity contribution >= 4 is 11.8 Å². The van der Waals surface area contributed by atoms with Crippen LogP contribution in [0.1, 0.15) is 57.4 Å². The molecule has 0 radical (unpaired) electrons. The zero-order chi connectivity index (χ0) is 13.3. The van der Waals surface area contributed by atoms with Gasteiger partial charge in [-0.2, -0.15) is 0 Å².